The number of oxime groups is 1. The number of amidine groups is 1. The second-order valence-electron chi connectivity index (χ2n) is 5.10. The van der Waals surface area contributed by atoms with E-state index in [9.17, 15) is 0 Å². The van der Waals surface area contributed by atoms with Crippen LogP contribution in [0.4, 0.5) is 0 Å². The highest BCUT2D eigenvalue weighted by molar-refractivity contribution is 6.32. The van der Waals surface area contributed by atoms with Crippen molar-refractivity contribution in [3.63, 3.8) is 0 Å². The zero-order chi connectivity index (χ0) is 15.5. The maximum absolute atomic E-state index is 8.61. The first-order valence-electron chi connectivity index (χ1n) is 7.59. The van der Waals surface area contributed by atoms with E-state index in [4.69, 9.17) is 27.3 Å². The molecule has 0 spiro atoms. The quantitative estimate of drug-likeness (QED) is 0.219. The monoisotopic (exact) mass is 312 g/mol. The molecule has 21 heavy (non-hydrogen) atoms. The lowest BCUT2D eigenvalue weighted by Gasteiger charge is -2.09. The Morgan fingerprint density at radius 3 is 2.48 bits per heavy atom. The number of benzene rings is 1. The summed E-state index contributed by atoms with van der Waals surface area (Å²) in [5.41, 5.74) is 6.08. The van der Waals surface area contributed by atoms with Crippen molar-refractivity contribution < 1.29 is 9.94 Å². The summed E-state index contributed by atoms with van der Waals surface area (Å²) >= 11 is 6.11. The summed E-state index contributed by atoms with van der Waals surface area (Å²) < 4.78 is 5.66. The molecule has 1 rings (SSSR count). The fraction of sp³-hybridized carbons (Fsp3) is 0.562. The van der Waals surface area contributed by atoms with Crippen LogP contribution >= 0.6 is 11.6 Å². The third-order valence-corrected chi connectivity index (χ3v) is 3.64. The van der Waals surface area contributed by atoms with Crippen LogP contribution < -0.4 is 10.5 Å². The van der Waals surface area contributed by atoms with Crippen LogP contribution in [-0.2, 0) is 0 Å². The summed E-state index contributed by atoms with van der Waals surface area (Å²) in [6, 6.07) is 5.11. The SMILES string of the molecule is CCCCCCCCCOc1ccc(C(N)=NO)cc1Cl. The van der Waals surface area contributed by atoms with Gasteiger partial charge in [0.15, 0.2) is 5.84 Å². The van der Waals surface area contributed by atoms with Gasteiger partial charge in [0, 0.05) is 5.56 Å². The summed E-state index contributed by atoms with van der Waals surface area (Å²) in [7, 11) is 0. The van der Waals surface area contributed by atoms with E-state index >= 15 is 0 Å². The summed E-state index contributed by atoms with van der Waals surface area (Å²) in [5, 5.41) is 12.0. The number of halogens is 1. The van der Waals surface area contributed by atoms with E-state index in [0.29, 0.717) is 22.9 Å². The van der Waals surface area contributed by atoms with Gasteiger partial charge in [-0.2, -0.15) is 0 Å². The topological polar surface area (TPSA) is 67.8 Å². The fourth-order valence-electron chi connectivity index (χ4n) is 2.08. The molecule has 3 N–H and O–H groups in total. The molecule has 118 valence electrons. The Morgan fingerprint density at radius 1 is 1.19 bits per heavy atom. The van der Waals surface area contributed by atoms with Gasteiger partial charge in [-0.25, -0.2) is 0 Å². The Bertz CT molecular complexity index is 450. The highest BCUT2D eigenvalue weighted by Crippen LogP contribution is 2.25. The number of nitrogens with two attached hydrogens (primary N) is 1. The first-order chi connectivity index (χ1) is 10.2. The van der Waals surface area contributed by atoms with Crippen LogP contribution in [0.2, 0.25) is 5.02 Å². The van der Waals surface area contributed by atoms with Gasteiger partial charge >= 0.3 is 0 Å². The van der Waals surface area contributed by atoms with Crippen LogP contribution in [0.1, 0.15) is 57.4 Å². The van der Waals surface area contributed by atoms with Crippen molar-refractivity contribution in [1.29, 1.82) is 0 Å². The van der Waals surface area contributed by atoms with Gasteiger partial charge < -0.3 is 15.7 Å². The maximum Gasteiger partial charge on any atom is 0.170 e. The average molecular weight is 313 g/mol. The van der Waals surface area contributed by atoms with E-state index < -0.39 is 0 Å². The third-order valence-electron chi connectivity index (χ3n) is 3.34. The molecule has 0 aliphatic carbocycles. The van der Waals surface area contributed by atoms with Gasteiger partial charge in [0.25, 0.3) is 0 Å². The number of rotatable bonds is 10. The summed E-state index contributed by atoms with van der Waals surface area (Å²) in [4.78, 5) is 0. The average Bonchev–Trinajstić information content (AvgIpc) is 2.50. The molecule has 1 aromatic rings. The van der Waals surface area contributed by atoms with Gasteiger partial charge in [-0.1, -0.05) is 62.2 Å². The Morgan fingerprint density at radius 2 is 1.86 bits per heavy atom. The highest BCUT2D eigenvalue weighted by Gasteiger charge is 2.06. The molecule has 0 aliphatic rings. The summed E-state index contributed by atoms with van der Waals surface area (Å²) in [6.07, 6.45) is 8.73. The van der Waals surface area contributed by atoms with E-state index in [0.717, 1.165) is 6.42 Å². The predicted octanol–water partition coefficient (Wildman–Crippen LogP) is 4.56. The molecule has 0 fully saturated rings. The van der Waals surface area contributed by atoms with Gasteiger partial charge in [-0.05, 0) is 24.6 Å². The van der Waals surface area contributed by atoms with Crippen molar-refractivity contribution >= 4 is 17.4 Å². The van der Waals surface area contributed by atoms with Crippen molar-refractivity contribution in [2.75, 3.05) is 6.61 Å². The molecule has 0 heterocycles. The third kappa shape index (κ3) is 6.71. The van der Waals surface area contributed by atoms with E-state index in [1.165, 1.54) is 38.5 Å². The lowest BCUT2D eigenvalue weighted by atomic mass is 10.1. The van der Waals surface area contributed by atoms with Crippen LogP contribution in [0.15, 0.2) is 23.4 Å². The molecule has 0 saturated heterocycles. The zero-order valence-corrected chi connectivity index (χ0v) is 13.4. The normalized spacial score (nSPS) is 11.6. The van der Waals surface area contributed by atoms with Gasteiger partial charge in [-0.3, -0.25) is 0 Å². The summed E-state index contributed by atoms with van der Waals surface area (Å²) in [6.45, 7) is 2.89. The number of ether oxygens (including phenoxy) is 1. The van der Waals surface area contributed by atoms with Crippen LogP contribution in [-0.4, -0.2) is 17.6 Å². The molecule has 0 bridgehead atoms. The lowest BCUT2D eigenvalue weighted by molar-refractivity contribution is 0.304. The van der Waals surface area contributed by atoms with Gasteiger partial charge in [0.1, 0.15) is 5.75 Å². The van der Waals surface area contributed by atoms with Crippen molar-refractivity contribution in [2.24, 2.45) is 10.9 Å². The minimum absolute atomic E-state index is 0.0375. The Kier molecular flexibility index (Phi) is 8.67. The van der Waals surface area contributed by atoms with Crippen LogP contribution in [0.5, 0.6) is 5.75 Å². The number of nitrogens with zero attached hydrogens (tertiary/aromatic N) is 1. The largest absolute Gasteiger partial charge is 0.492 e. The molecule has 0 unspecified atom stereocenters. The second-order valence-corrected chi connectivity index (χ2v) is 5.51. The zero-order valence-electron chi connectivity index (χ0n) is 12.6. The van der Waals surface area contributed by atoms with E-state index in [2.05, 4.69) is 12.1 Å². The van der Waals surface area contributed by atoms with Crippen LogP contribution in [0.3, 0.4) is 0 Å². The smallest absolute Gasteiger partial charge is 0.170 e. The van der Waals surface area contributed by atoms with Crippen LogP contribution in [0, 0.1) is 0 Å². The van der Waals surface area contributed by atoms with E-state index in [-0.39, 0.29) is 5.84 Å². The maximum atomic E-state index is 8.61. The van der Waals surface area contributed by atoms with Gasteiger partial charge in [0.05, 0.1) is 11.6 Å². The number of hydrogen-bond donors (Lipinski definition) is 2. The van der Waals surface area contributed by atoms with E-state index in [1.54, 1.807) is 18.2 Å². The molecule has 0 amide bonds. The van der Waals surface area contributed by atoms with Crippen molar-refractivity contribution in [1.82, 2.24) is 0 Å². The molecular formula is C16H25ClN2O2. The van der Waals surface area contributed by atoms with Crippen molar-refractivity contribution in [3.8, 4) is 5.75 Å². The molecule has 0 aliphatic heterocycles. The Balaban J connectivity index is 2.26. The summed E-state index contributed by atoms with van der Waals surface area (Å²) in [5.74, 6) is 0.674. The fourth-order valence-corrected chi connectivity index (χ4v) is 2.31. The second kappa shape index (κ2) is 10.3. The molecule has 0 atom stereocenters. The van der Waals surface area contributed by atoms with Crippen molar-refractivity contribution in [2.45, 2.75) is 51.9 Å². The van der Waals surface area contributed by atoms with Gasteiger partial charge in [0.2, 0.25) is 0 Å². The minimum atomic E-state index is 0.0375. The molecule has 0 radical (unpaired) electrons. The molecule has 5 heteroatoms. The van der Waals surface area contributed by atoms with E-state index in [1.807, 2.05) is 0 Å². The molecule has 0 aromatic heterocycles. The molecule has 4 nitrogen and oxygen atoms in total. The molecular weight excluding hydrogens is 288 g/mol. The standard InChI is InChI=1S/C16H25ClN2O2/c1-2-3-4-5-6-7-8-11-21-15-10-9-13(12-14(15)17)16(18)19-20/h9-10,12,20H,2-8,11H2,1H3,(H2,18,19). The Labute approximate surface area is 131 Å². The number of unbranched alkanes of at least 4 members (excludes halogenated alkanes) is 6. The number of hydrogen-bond acceptors (Lipinski definition) is 3. The first-order valence-corrected chi connectivity index (χ1v) is 7.97. The van der Waals surface area contributed by atoms with Gasteiger partial charge in [-0.15, -0.1) is 0 Å². The Hall–Kier alpha value is -1.42. The van der Waals surface area contributed by atoms with Crippen molar-refractivity contribution in [3.05, 3.63) is 28.8 Å². The van der Waals surface area contributed by atoms with Crippen LogP contribution in [0.25, 0.3) is 0 Å². The minimum Gasteiger partial charge on any atom is -0.492 e. The first kappa shape index (κ1) is 17.6. The predicted molar refractivity (Wildman–Crippen MR) is 87.5 cm³/mol. The highest BCUT2D eigenvalue weighted by atomic mass is 35.5. The molecule has 0 saturated carbocycles. The molecule has 1 aromatic carbocycles. The lowest BCUT2D eigenvalue weighted by Crippen LogP contribution is -2.13.